The van der Waals surface area contributed by atoms with Gasteiger partial charge >= 0.3 is 5.97 Å². The number of carboxylic acid groups (broad SMARTS) is 1. The van der Waals surface area contributed by atoms with E-state index in [1.165, 1.54) is 72.0 Å². The average Bonchev–Trinajstić information content (AvgIpc) is 3.30. The van der Waals surface area contributed by atoms with E-state index >= 15 is 0 Å². The minimum Gasteiger partial charge on any atom is -0.487 e. The fraction of sp³-hybridized carbons (Fsp3) is 0.474. The zero-order chi connectivity index (χ0) is 31.1. The molecule has 0 fully saturated rings. The fourth-order valence-corrected chi connectivity index (χ4v) is 7.61. The smallest absolute Gasteiger partial charge is 0.309 e. The number of hydrogen-bond donors (Lipinski definition) is 1. The molecule has 1 N–H and O–H groups in total. The van der Waals surface area contributed by atoms with Crippen LogP contribution in [0, 0.1) is 5.41 Å². The van der Waals surface area contributed by atoms with Crippen LogP contribution in [0.1, 0.15) is 96.0 Å². The number of thioether (sulfide) groups is 1. The van der Waals surface area contributed by atoms with E-state index in [1.54, 1.807) is 0 Å². The minimum absolute atomic E-state index is 0.379. The molecule has 4 aromatic rings. The zero-order valence-electron chi connectivity index (χ0n) is 26.9. The average molecular weight is 613 g/mol. The molecule has 5 nitrogen and oxygen atoms in total. The number of benzene rings is 2. The molecular weight excluding hydrogens is 564 g/mol. The van der Waals surface area contributed by atoms with E-state index < -0.39 is 11.4 Å². The molecule has 0 radical (unpaired) electrons. The summed E-state index contributed by atoms with van der Waals surface area (Å²) in [7, 11) is 0. The molecule has 44 heavy (non-hydrogen) atoms. The molecule has 1 atom stereocenters. The van der Waals surface area contributed by atoms with Crippen LogP contribution in [0.3, 0.4) is 0 Å². The lowest BCUT2D eigenvalue weighted by atomic mass is 9.87. The van der Waals surface area contributed by atoms with Crippen LogP contribution in [-0.2, 0) is 30.8 Å². The van der Waals surface area contributed by atoms with Crippen molar-refractivity contribution in [2.24, 2.45) is 5.41 Å². The van der Waals surface area contributed by atoms with E-state index in [0.717, 1.165) is 42.0 Å². The maximum absolute atomic E-state index is 12.2. The molecule has 3 heterocycles. The Morgan fingerprint density at radius 2 is 1.70 bits per heavy atom. The topological polar surface area (TPSA) is 64.4 Å². The third kappa shape index (κ3) is 7.51. The third-order valence-electron chi connectivity index (χ3n) is 8.90. The lowest BCUT2D eigenvalue weighted by Gasteiger charge is -2.24. The van der Waals surface area contributed by atoms with Crippen LogP contribution in [0.2, 0.25) is 0 Å². The van der Waals surface area contributed by atoms with Crippen molar-refractivity contribution in [2.45, 2.75) is 115 Å². The van der Waals surface area contributed by atoms with Gasteiger partial charge in [0.2, 0.25) is 0 Å². The summed E-state index contributed by atoms with van der Waals surface area (Å²) in [5.41, 5.74) is 5.92. The predicted octanol–water partition coefficient (Wildman–Crippen LogP) is 10.1. The highest BCUT2D eigenvalue weighted by atomic mass is 32.2. The molecule has 0 saturated heterocycles. The first-order valence-corrected chi connectivity index (χ1v) is 17.4. The second-order valence-corrected chi connectivity index (χ2v) is 14.5. The van der Waals surface area contributed by atoms with Gasteiger partial charge in [0.25, 0.3) is 0 Å². The lowest BCUT2D eigenvalue weighted by molar-refractivity contribution is -0.146. The third-order valence-corrected chi connectivity index (χ3v) is 10.1. The highest BCUT2D eigenvalue weighted by molar-refractivity contribution is 8.00. The number of carboxylic acids is 1. The molecule has 0 amide bonds. The molecule has 0 bridgehead atoms. The Bertz CT molecular complexity index is 1540. The summed E-state index contributed by atoms with van der Waals surface area (Å²) < 4.78 is 8.91. The number of carbonyl (C=O) groups is 1. The number of aromatic nitrogens is 2. The summed E-state index contributed by atoms with van der Waals surface area (Å²) in [5, 5.41) is 11.7. The molecule has 0 aliphatic carbocycles. The number of rotatable bonds is 16. The van der Waals surface area contributed by atoms with Gasteiger partial charge in [-0.15, -0.1) is 11.8 Å². The number of ether oxygens (including phenoxy) is 1. The van der Waals surface area contributed by atoms with Gasteiger partial charge < -0.3 is 14.4 Å². The van der Waals surface area contributed by atoms with Crippen molar-refractivity contribution in [2.75, 3.05) is 0 Å². The minimum atomic E-state index is -0.847. The van der Waals surface area contributed by atoms with E-state index in [1.807, 2.05) is 56.1 Å². The molecule has 0 spiro atoms. The monoisotopic (exact) mass is 612 g/mol. The summed E-state index contributed by atoms with van der Waals surface area (Å²) in [6, 6.07) is 18.8. The number of aryl methyl sites for hydroxylation is 1. The number of aliphatic carboxylic acids is 1. The van der Waals surface area contributed by atoms with Gasteiger partial charge in [0, 0.05) is 57.0 Å². The van der Waals surface area contributed by atoms with Crippen LogP contribution in [0.15, 0.2) is 65.7 Å². The lowest BCUT2D eigenvalue weighted by Crippen LogP contribution is -2.27. The quantitative estimate of drug-likeness (QED) is 0.128. The molecule has 1 aliphatic heterocycles. The maximum atomic E-state index is 12.2. The van der Waals surface area contributed by atoms with Crippen LogP contribution >= 0.6 is 11.8 Å². The Hall–Kier alpha value is -3.25. The van der Waals surface area contributed by atoms with Crippen molar-refractivity contribution in [3.05, 3.63) is 77.7 Å². The molecule has 1 aliphatic rings. The fourth-order valence-electron chi connectivity index (χ4n) is 6.29. The zero-order valence-corrected chi connectivity index (χ0v) is 27.7. The Labute approximate surface area is 267 Å². The molecule has 0 saturated carbocycles. The second-order valence-electron chi connectivity index (χ2n) is 13.0. The van der Waals surface area contributed by atoms with E-state index in [9.17, 15) is 9.90 Å². The van der Waals surface area contributed by atoms with Gasteiger partial charge in [0.05, 0.1) is 11.1 Å². The van der Waals surface area contributed by atoms with Crippen LogP contribution in [-0.4, -0.2) is 25.9 Å². The first-order valence-electron chi connectivity index (χ1n) is 16.5. The van der Waals surface area contributed by atoms with Crippen LogP contribution in [0.5, 0.6) is 5.75 Å². The molecule has 2 aromatic carbocycles. The highest BCUT2D eigenvalue weighted by Crippen LogP contribution is 2.48. The van der Waals surface area contributed by atoms with Crippen molar-refractivity contribution in [3.8, 4) is 16.9 Å². The number of unbranched alkanes of at least 4 members (excludes halogenated alkanes) is 7. The molecular formula is C38H48N2O3S. The molecule has 2 aromatic heterocycles. The first kappa shape index (κ1) is 32.2. The summed E-state index contributed by atoms with van der Waals surface area (Å²) in [6.07, 6.45) is 13.5. The Balaban J connectivity index is 1.39. The van der Waals surface area contributed by atoms with Crippen molar-refractivity contribution in [1.82, 2.24) is 9.55 Å². The normalized spacial score (nSPS) is 14.7. The van der Waals surface area contributed by atoms with Gasteiger partial charge in [-0.05, 0) is 50.5 Å². The first-order chi connectivity index (χ1) is 21.3. The van der Waals surface area contributed by atoms with Gasteiger partial charge in [-0.1, -0.05) is 95.2 Å². The van der Waals surface area contributed by atoms with Crippen LogP contribution in [0.25, 0.3) is 22.0 Å². The van der Waals surface area contributed by atoms with Crippen molar-refractivity contribution in [1.29, 1.82) is 0 Å². The number of nitrogens with zero attached hydrogens (tertiary/aromatic N) is 2. The summed E-state index contributed by atoms with van der Waals surface area (Å²) in [5.74, 6) is 0.158. The SMILES string of the molecule is CCCCCCCCCCn1c(CC(C)(C)C(=O)O)c2c3c(c(OCc4ccc(-c5ccccc5)cn4)ccc31)CC(C)S2. The largest absolute Gasteiger partial charge is 0.487 e. The Morgan fingerprint density at radius 1 is 0.977 bits per heavy atom. The van der Waals surface area contributed by atoms with Crippen molar-refractivity contribution >= 4 is 28.6 Å². The van der Waals surface area contributed by atoms with Gasteiger partial charge in [0.15, 0.2) is 0 Å². The van der Waals surface area contributed by atoms with E-state index in [0.29, 0.717) is 18.3 Å². The molecule has 6 heteroatoms. The van der Waals surface area contributed by atoms with Crippen LogP contribution in [0.4, 0.5) is 0 Å². The molecule has 1 unspecified atom stereocenters. The molecule has 5 rings (SSSR count). The predicted molar refractivity (Wildman–Crippen MR) is 183 cm³/mol. The summed E-state index contributed by atoms with van der Waals surface area (Å²) in [4.78, 5) is 18.2. The number of pyridine rings is 1. The van der Waals surface area contributed by atoms with E-state index in [4.69, 9.17) is 9.72 Å². The maximum Gasteiger partial charge on any atom is 0.309 e. The number of hydrogen-bond acceptors (Lipinski definition) is 4. The van der Waals surface area contributed by atoms with Crippen LogP contribution < -0.4 is 4.74 Å². The summed E-state index contributed by atoms with van der Waals surface area (Å²) >= 11 is 1.90. The van der Waals surface area contributed by atoms with Crippen molar-refractivity contribution < 1.29 is 14.6 Å². The Kier molecular flexibility index (Phi) is 10.7. The molecule has 234 valence electrons. The second kappa shape index (κ2) is 14.7. The standard InChI is InChI=1S/C38H48N2O3S/c1-5-6-7-8-9-10-11-15-22-40-32-20-21-34(43-26-30-19-18-29(25-39-30)28-16-13-12-14-17-28)31-23-27(2)44-36(35(31)32)33(40)24-38(3,4)37(41)42/h12-14,16-21,25,27H,5-11,15,22-24,26H2,1-4H3,(H,41,42). The Morgan fingerprint density at radius 3 is 2.39 bits per heavy atom. The van der Waals surface area contributed by atoms with Gasteiger partial charge in [-0.2, -0.15) is 0 Å². The highest BCUT2D eigenvalue weighted by Gasteiger charge is 2.34. The van der Waals surface area contributed by atoms with E-state index in [-0.39, 0.29) is 0 Å². The van der Waals surface area contributed by atoms with Gasteiger partial charge in [-0.25, -0.2) is 0 Å². The van der Waals surface area contributed by atoms with Gasteiger partial charge in [0.1, 0.15) is 12.4 Å². The van der Waals surface area contributed by atoms with E-state index in [2.05, 4.69) is 48.7 Å². The summed E-state index contributed by atoms with van der Waals surface area (Å²) in [6.45, 7) is 9.55. The van der Waals surface area contributed by atoms with Crippen molar-refractivity contribution in [3.63, 3.8) is 0 Å². The van der Waals surface area contributed by atoms with Gasteiger partial charge in [-0.3, -0.25) is 9.78 Å².